The number of aliphatic imine (C=N–C) groups is 1. The minimum Gasteiger partial charge on any atom is -0.370 e. The fourth-order valence-corrected chi connectivity index (χ4v) is 2.62. The highest BCUT2D eigenvalue weighted by molar-refractivity contribution is 14.0. The number of likely N-dealkylation sites (N-methyl/N-ethyl adjacent to an activating group) is 1. The number of nitrogens with zero attached hydrogens (tertiary/aromatic N) is 4. The summed E-state index contributed by atoms with van der Waals surface area (Å²) in [5.74, 6) is 1.98. The zero-order valence-corrected chi connectivity index (χ0v) is 20.1. The number of hydrogen-bond acceptors (Lipinski definition) is 5. The van der Waals surface area contributed by atoms with Gasteiger partial charge in [-0.25, -0.2) is 0 Å². The van der Waals surface area contributed by atoms with E-state index in [0.29, 0.717) is 18.3 Å². The van der Waals surface area contributed by atoms with Crippen molar-refractivity contribution in [2.45, 2.75) is 46.6 Å². The van der Waals surface area contributed by atoms with Crippen molar-refractivity contribution in [3.63, 3.8) is 0 Å². The number of aryl methyl sites for hydroxylation is 1. The minimum absolute atomic E-state index is 0. The van der Waals surface area contributed by atoms with Gasteiger partial charge in [0.15, 0.2) is 11.8 Å². The van der Waals surface area contributed by atoms with E-state index in [1.54, 1.807) is 7.05 Å². The van der Waals surface area contributed by atoms with Crippen LogP contribution >= 0.6 is 24.0 Å². The van der Waals surface area contributed by atoms with Gasteiger partial charge in [0.2, 0.25) is 5.89 Å². The molecule has 0 aliphatic heterocycles. The van der Waals surface area contributed by atoms with E-state index in [-0.39, 0.29) is 29.4 Å². The molecule has 1 heterocycles. The highest BCUT2D eigenvalue weighted by Crippen LogP contribution is 2.19. The van der Waals surface area contributed by atoms with Crippen LogP contribution < -0.4 is 15.5 Å². The molecule has 0 saturated heterocycles. The molecule has 2 N–H and O–H groups in total. The topological polar surface area (TPSA) is 78.6 Å². The highest BCUT2D eigenvalue weighted by Gasteiger charge is 2.21. The fourth-order valence-electron chi connectivity index (χ4n) is 2.62. The number of guanidine groups is 1. The molecular weight excluding hydrogens is 467 g/mol. The van der Waals surface area contributed by atoms with Gasteiger partial charge in [-0.15, -0.1) is 24.0 Å². The summed E-state index contributed by atoms with van der Waals surface area (Å²) in [6.07, 6.45) is 0. The van der Waals surface area contributed by atoms with Gasteiger partial charge in [0.25, 0.3) is 0 Å². The lowest BCUT2D eigenvalue weighted by Gasteiger charge is -2.24. The summed E-state index contributed by atoms with van der Waals surface area (Å²) in [4.78, 5) is 11.0. The Balaban J connectivity index is 0.00000392. The second-order valence-electron chi connectivity index (χ2n) is 7.54. The molecule has 1 aromatic heterocycles. The van der Waals surface area contributed by atoms with E-state index in [1.165, 1.54) is 11.3 Å². The first-order chi connectivity index (χ1) is 12.8. The Hall–Kier alpha value is -1.84. The zero-order valence-electron chi connectivity index (χ0n) is 17.7. The highest BCUT2D eigenvalue weighted by atomic mass is 127. The Morgan fingerprint density at radius 2 is 2.00 bits per heavy atom. The Morgan fingerprint density at radius 3 is 2.57 bits per heavy atom. The summed E-state index contributed by atoms with van der Waals surface area (Å²) in [5.41, 5.74) is 2.36. The van der Waals surface area contributed by atoms with Crippen molar-refractivity contribution in [1.82, 2.24) is 20.8 Å². The number of benzene rings is 1. The third kappa shape index (κ3) is 7.29. The van der Waals surface area contributed by atoms with E-state index in [2.05, 4.69) is 68.8 Å². The van der Waals surface area contributed by atoms with E-state index in [0.717, 1.165) is 25.6 Å². The Bertz CT molecular complexity index is 753. The van der Waals surface area contributed by atoms with Gasteiger partial charge in [-0.3, -0.25) is 4.99 Å². The van der Waals surface area contributed by atoms with E-state index in [4.69, 9.17) is 4.52 Å². The molecular formula is C20H33IN6O. The molecule has 8 heteroatoms. The van der Waals surface area contributed by atoms with Crippen molar-refractivity contribution in [1.29, 1.82) is 0 Å². The van der Waals surface area contributed by atoms with Crippen LogP contribution in [-0.2, 0) is 12.0 Å². The molecule has 0 aliphatic carbocycles. The molecule has 7 nitrogen and oxygen atoms in total. The number of halogens is 1. The molecule has 0 amide bonds. The SMILES string of the molecule is CCN(CCNC(=NC)NCc1noc(C(C)(C)C)n1)c1cccc(C)c1.I. The van der Waals surface area contributed by atoms with Crippen LogP contribution in [0.2, 0.25) is 0 Å². The van der Waals surface area contributed by atoms with Crippen LogP contribution in [0.5, 0.6) is 0 Å². The third-order valence-corrected chi connectivity index (χ3v) is 4.17. The molecule has 0 fully saturated rings. The standard InChI is InChI=1S/C20H32N6O.HI/c1-7-26(16-10-8-9-15(2)13-16)12-11-22-19(21-6)23-14-17-24-18(27-25-17)20(3,4)5;/h8-10,13H,7,11-12,14H2,1-6H3,(H2,21,22,23);1H. The summed E-state index contributed by atoms with van der Waals surface area (Å²) in [6.45, 7) is 13.5. The van der Waals surface area contributed by atoms with E-state index < -0.39 is 0 Å². The van der Waals surface area contributed by atoms with E-state index >= 15 is 0 Å². The minimum atomic E-state index is -0.148. The summed E-state index contributed by atoms with van der Waals surface area (Å²) < 4.78 is 5.31. The number of nitrogens with one attached hydrogen (secondary N) is 2. The number of hydrogen-bond donors (Lipinski definition) is 2. The maximum Gasteiger partial charge on any atom is 0.232 e. The van der Waals surface area contributed by atoms with Gasteiger partial charge < -0.3 is 20.1 Å². The predicted octanol–water partition coefficient (Wildman–Crippen LogP) is 3.49. The van der Waals surface area contributed by atoms with E-state index in [1.807, 2.05) is 20.8 Å². The van der Waals surface area contributed by atoms with Crippen LogP contribution in [0, 0.1) is 6.92 Å². The van der Waals surface area contributed by atoms with Gasteiger partial charge in [-0.05, 0) is 31.5 Å². The van der Waals surface area contributed by atoms with Crippen molar-refractivity contribution in [3.05, 3.63) is 41.5 Å². The molecule has 0 spiro atoms. The zero-order chi connectivity index (χ0) is 19.9. The van der Waals surface area contributed by atoms with Gasteiger partial charge in [-0.1, -0.05) is 38.1 Å². The molecule has 0 radical (unpaired) electrons. The molecule has 1 aromatic carbocycles. The summed E-state index contributed by atoms with van der Waals surface area (Å²) in [6, 6.07) is 8.56. The molecule has 156 valence electrons. The normalized spacial score (nSPS) is 11.7. The van der Waals surface area contributed by atoms with Gasteiger partial charge >= 0.3 is 0 Å². The number of rotatable bonds is 7. The molecule has 0 aliphatic rings. The lowest BCUT2D eigenvalue weighted by molar-refractivity contribution is 0.318. The fraction of sp³-hybridized carbons (Fsp3) is 0.550. The van der Waals surface area contributed by atoms with Gasteiger partial charge in [-0.2, -0.15) is 4.98 Å². The summed E-state index contributed by atoms with van der Waals surface area (Å²) in [7, 11) is 1.75. The largest absolute Gasteiger partial charge is 0.370 e. The van der Waals surface area contributed by atoms with Crippen LogP contribution in [0.25, 0.3) is 0 Å². The second-order valence-corrected chi connectivity index (χ2v) is 7.54. The monoisotopic (exact) mass is 500 g/mol. The van der Waals surface area contributed by atoms with Crippen molar-refractivity contribution in [3.8, 4) is 0 Å². The second kappa shape index (κ2) is 11.2. The molecule has 0 saturated carbocycles. The number of anilines is 1. The smallest absolute Gasteiger partial charge is 0.232 e. The van der Waals surface area contributed by atoms with Crippen LogP contribution in [0.4, 0.5) is 5.69 Å². The average Bonchev–Trinajstić information content (AvgIpc) is 3.10. The molecule has 28 heavy (non-hydrogen) atoms. The van der Waals surface area contributed by atoms with Crippen LogP contribution in [-0.4, -0.2) is 42.8 Å². The molecule has 0 atom stereocenters. The van der Waals surface area contributed by atoms with Gasteiger partial charge in [0.05, 0.1) is 6.54 Å². The first-order valence-electron chi connectivity index (χ1n) is 9.42. The van der Waals surface area contributed by atoms with Crippen molar-refractivity contribution < 1.29 is 4.52 Å². The Kier molecular flexibility index (Phi) is 9.71. The van der Waals surface area contributed by atoms with Crippen molar-refractivity contribution in [2.75, 3.05) is 31.6 Å². The Labute approximate surface area is 185 Å². The van der Waals surface area contributed by atoms with Gasteiger partial charge in [0.1, 0.15) is 0 Å². The van der Waals surface area contributed by atoms with Crippen LogP contribution in [0.1, 0.15) is 45.0 Å². The number of aromatic nitrogens is 2. The Morgan fingerprint density at radius 1 is 1.25 bits per heavy atom. The first kappa shape index (κ1) is 24.2. The first-order valence-corrected chi connectivity index (χ1v) is 9.42. The molecule has 2 aromatic rings. The van der Waals surface area contributed by atoms with Crippen LogP contribution in [0.15, 0.2) is 33.8 Å². The molecule has 0 bridgehead atoms. The van der Waals surface area contributed by atoms with Crippen molar-refractivity contribution in [2.24, 2.45) is 4.99 Å². The molecule has 2 rings (SSSR count). The summed E-state index contributed by atoms with van der Waals surface area (Å²) in [5, 5.41) is 10.6. The lowest BCUT2D eigenvalue weighted by Crippen LogP contribution is -2.41. The van der Waals surface area contributed by atoms with Crippen molar-refractivity contribution >= 4 is 35.6 Å². The molecule has 0 unspecified atom stereocenters. The lowest BCUT2D eigenvalue weighted by atomic mass is 9.97. The predicted molar refractivity (Wildman–Crippen MR) is 126 cm³/mol. The van der Waals surface area contributed by atoms with Gasteiger partial charge in [0, 0.05) is 37.8 Å². The quantitative estimate of drug-likeness (QED) is 0.345. The third-order valence-electron chi connectivity index (χ3n) is 4.17. The average molecular weight is 500 g/mol. The maximum absolute atomic E-state index is 5.31. The van der Waals surface area contributed by atoms with Crippen LogP contribution in [0.3, 0.4) is 0 Å². The summed E-state index contributed by atoms with van der Waals surface area (Å²) >= 11 is 0. The maximum atomic E-state index is 5.31. The van der Waals surface area contributed by atoms with E-state index in [9.17, 15) is 0 Å².